The number of hydrogen-bond donors (Lipinski definition) is 0. The number of benzene rings is 2. The fraction of sp³-hybridized carbons (Fsp3) is 0.391. The number of carbonyl (C=O) groups excluding carboxylic acids is 1. The molecule has 2 aromatic carbocycles. The highest BCUT2D eigenvalue weighted by molar-refractivity contribution is 8.00. The number of aromatic nitrogens is 1. The molecule has 0 spiro atoms. The van der Waals surface area contributed by atoms with Crippen LogP contribution in [0.4, 0.5) is 5.13 Å². The van der Waals surface area contributed by atoms with Gasteiger partial charge in [0.15, 0.2) is 5.13 Å². The Labute approximate surface area is 201 Å². The van der Waals surface area contributed by atoms with Crippen molar-refractivity contribution in [2.24, 2.45) is 0 Å². The van der Waals surface area contributed by atoms with E-state index in [-0.39, 0.29) is 5.91 Å². The van der Waals surface area contributed by atoms with Gasteiger partial charge >= 0.3 is 0 Å². The maximum absolute atomic E-state index is 13.3. The molecule has 3 aromatic rings. The predicted molar refractivity (Wildman–Crippen MR) is 135 cm³/mol. The van der Waals surface area contributed by atoms with Gasteiger partial charge in [0.25, 0.3) is 0 Å². The minimum absolute atomic E-state index is 0.0724. The van der Waals surface area contributed by atoms with E-state index < -0.39 is 0 Å². The zero-order chi connectivity index (χ0) is 22.3. The average Bonchev–Trinajstić information content (AvgIpc) is 3.26. The first-order chi connectivity index (χ1) is 15.7. The molecule has 0 radical (unpaired) electrons. The van der Waals surface area contributed by atoms with Crippen LogP contribution in [0, 0.1) is 0 Å². The maximum atomic E-state index is 13.3. The third-order valence-electron chi connectivity index (χ3n) is 5.28. The van der Waals surface area contributed by atoms with Crippen molar-refractivity contribution in [1.29, 1.82) is 0 Å². The van der Waals surface area contributed by atoms with Gasteiger partial charge in [-0.1, -0.05) is 11.3 Å². The van der Waals surface area contributed by atoms with Crippen molar-refractivity contribution in [1.82, 2.24) is 9.88 Å². The first-order valence-electron chi connectivity index (χ1n) is 10.5. The Morgan fingerprint density at radius 1 is 1.19 bits per heavy atom. The molecule has 1 saturated heterocycles. The van der Waals surface area contributed by atoms with E-state index >= 15 is 0 Å². The Bertz CT molecular complexity index is 1040. The monoisotopic (exact) mass is 489 g/mol. The number of ether oxygens (including phenoxy) is 2. The number of fused-ring (bicyclic) bond motifs is 1. The summed E-state index contributed by atoms with van der Waals surface area (Å²) in [4.78, 5) is 24.6. The molecule has 6 nitrogen and oxygen atoms in total. The molecular formula is C23H27N3O3S3. The Hall–Kier alpha value is -1.78. The Morgan fingerprint density at radius 2 is 1.94 bits per heavy atom. The lowest BCUT2D eigenvalue weighted by atomic mass is 10.3. The van der Waals surface area contributed by atoms with Crippen molar-refractivity contribution in [3.05, 3.63) is 42.5 Å². The lowest BCUT2D eigenvalue weighted by molar-refractivity contribution is -0.116. The van der Waals surface area contributed by atoms with Crippen molar-refractivity contribution in [3.8, 4) is 5.75 Å². The van der Waals surface area contributed by atoms with Crippen LogP contribution in [-0.4, -0.2) is 74.3 Å². The molecule has 0 aliphatic carbocycles. The summed E-state index contributed by atoms with van der Waals surface area (Å²) in [7, 11) is 1.65. The van der Waals surface area contributed by atoms with Crippen LogP contribution in [-0.2, 0) is 9.53 Å². The van der Waals surface area contributed by atoms with Gasteiger partial charge in [-0.05, 0) is 48.7 Å². The predicted octanol–water partition coefficient (Wildman–Crippen LogP) is 4.48. The number of thiazole rings is 1. The molecule has 0 bridgehead atoms. The lowest BCUT2D eigenvalue weighted by Crippen LogP contribution is -2.43. The van der Waals surface area contributed by atoms with Gasteiger partial charge in [0.05, 0.1) is 36.3 Å². The summed E-state index contributed by atoms with van der Waals surface area (Å²) in [5, 5.41) is 0.770. The minimum Gasteiger partial charge on any atom is -0.497 e. The van der Waals surface area contributed by atoms with Crippen LogP contribution >= 0.6 is 34.9 Å². The summed E-state index contributed by atoms with van der Waals surface area (Å²) < 4.78 is 11.8. The molecule has 9 heteroatoms. The SMILES string of the molecule is COc1ccc(SCC(=O)N(CCN2CCOCC2)c2nc3ccc(SC)cc3s2)cc1. The second-order valence-corrected chi connectivity index (χ2v) is 10.2. The lowest BCUT2D eigenvalue weighted by Gasteiger charge is -2.29. The molecule has 1 amide bonds. The van der Waals surface area contributed by atoms with Crippen LogP contribution < -0.4 is 9.64 Å². The number of thioether (sulfide) groups is 2. The van der Waals surface area contributed by atoms with Crippen LogP contribution in [0.15, 0.2) is 52.3 Å². The van der Waals surface area contributed by atoms with Gasteiger partial charge in [-0.3, -0.25) is 14.6 Å². The molecule has 2 heterocycles. The van der Waals surface area contributed by atoms with Crippen molar-refractivity contribution in [3.63, 3.8) is 0 Å². The maximum Gasteiger partial charge on any atom is 0.239 e. The molecule has 1 aliphatic rings. The summed E-state index contributed by atoms with van der Waals surface area (Å²) >= 11 is 4.84. The molecule has 0 unspecified atom stereocenters. The first kappa shape index (κ1) is 23.4. The quantitative estimate of drug-likeness (QED) is 0.411. The van der Waals surface area contributed by atoms with Gasteiger partial charge in [0.2, 0.25) is 5.91 Å². The summed E-state index contributed by atoms with van der Waals surface area (Å²) in [5.41, 5.74) is 0.940. The molecular weight excluding hydrogens is 462 g/mol. The highest BCUT2D eigenvalue weighted by Gasteiger charge is 2.22. The van der Waals surface area contributed by atoms with Crippen LogP contribution in [0.5, 0.6) is 5.75 Å². The Kier molecular flexibility index (Phi) is 8.31. The number of hydrogen-bond acceptors (Lipinski definition) is 8. The number of methoxy groups -OCH3 is 1. The zero-order valence-corrected chi connectivity index (χ0v) is 20.7. The third-order valence-corrected chi connectivity index (χ3v) is 8.04. The summed E-state index contributed by atoms with van der Waals surface area (Å²) in [6.45, 7) is 4.74. The molecule has 1 aromatic heterocycles. The normalized spacial score (nSPS) is 14.6. The number of nitrogens with zero attached hydrogens (tertiary/aromatic N) is 3. The van der Waals surface area contributed by atoms with Crippen LogP contribution in [0.25, 0.3) is 10.2 Å². The van der Waals surface area contributed by atoms with Crippen molar-refractivity contribution in [2.75, 3.05) is 63.4 Å². The number of rotatable bonds is 9. The van der Waals surface area contributed by atoms with E-state index in [9.17, 15) is 4.79 Å². The highest BCUT2D eigenvalue weighted by Crippen LogP contribution is 2.32. The molecule has 170 valence electrons. The van der Waals surface area contributed by atoms with Crippen LogP contribution in [0.1, 0.15) is 0 Å². The Morgan fingerprint density at radius 3 is 2.66 bits per heavy atom. The molecule has 1 aliphatic heterocycles. The van der Waals surface area contributed by atoms with Crippen LogP contribution in [0.2, 0.25) is 0 Å². The second-order valence-electron chi connectivity index (χ2n) is 7.29. The van der Waals surface area contributed by atoms with E-state index in [2.05, 4.69) is 23.3 Å². The van der Waals surface area contributed by atoms with E-state index in [1.165, 1.54) is 16.7 Å². The fourth-order valence-corrected chi connectivity index (χ4v) is 5.76. The average molecular weight is 490 g/mol. The summed E-state index contributed by atoms with van der Waals surface area (Å²) in [6, 6.07) is 14.1. The van der Waals surface area contributed by atoms with Crippen molar-refractivity contribution in [2.45, 2.75) is 9.79 Å². The van der Waals surface area contributed by atoms with E-state index in [1.807, 2.05) is 35.2 Å². The van der Waals surface area contributed by atoms with Gasteiger partial charge in [-0.2, -0.15) is 0 Å². The van der Waals surface area contributed by atoms with Crippen molar-refractivity contribution >= 4 is 56.1 Å². The third kappa shape index (κ3) is 5.96. The Balaban J connectivity index is 1.49. The second kappa shape index (κ2) is 11.4. The summed E-state index contributed by atoms with van der Waals surface area (Å²) in [6.07, 6.45) is 2.07. The van der Waals surface area contributed by atoms with Gasteiger partial charge in [-0.15, -0.1) is 23.5 Å². The van der Waals surface area contributed by atoms with Gasteiger partial charge in [-0.25, -0.2) is 4.98 Å². The van der Waals surface area contributed by atoms with Gasteiger partial charge in [0, 0.05) is 36.0 Å². The van der Waals surface area contributed by atoms with Gasteiger partial charge < -0.3 is 9.47 Å². The fourth-order valence-electron chi connectivity index (χ4n) is 3.42. The molecule has 1 fully saturated rings. The number of carbonyl (C=O) groups is 1. The highest BCUT2D eigenvalue weighted by atomic mass is 32.2. The molecule has 32 heavy (non-hydrogen) atoms. The minimum atomic E-state index is 0.0724. The largest absolute Gasteiger partial charge is 0.497 e. The van der Waals surface area contributed by atoms with Crippen LogP contribution in [0.3, 0.4) is 0 Å². The van der Waals surface area contributed by atoms with E-state index in [4.69, 9.17) is 14.5 Å². The number of morpholine rings is 1. The molecule has 0 N–H and O–H groups in total. The van der Waals surface area contributed by atoms with E-state index in [1.54, 1.807) is 30.2 Å². The molecule has 4 rings (SSSR count). The molecule has 0 saturated carbocycles. The summed E-state index contributed by atoms with van der Waals surface area (Å²) in [5.74, 6) is 1.25. The number of anilines is 1. The van der Waals surface area contributed by atoms with E-state index in [0.717, 1.165) is 58.8 Å². The standard InChI is InChI=1S/C23H27N3O3S3/c1-28-17-3-5-18(6-4-17)31-16-22(27)26(10-9-25-11-13-29-14-12-25)23-24-20-8-7-19(30-2)15-21(20)32-23/h3-8,15H,9-14,16H2,1-2H3. The van der Waals surface area contributed by atoms with Gasteiger partial charge in [0.1, 0.15) is 5.75 Å². The van der Waals surface area contributed by atoms with E-state index in [0.29, 0.717) is 12.3 Å². The topological polar surface area (TPSA) is 54.9 Å². The smallest absolute Gasteiger partial charge is 0.239 e. The number of amides is 1. The first-order valence-corrected chi connectivity index (χ1v) is 13.5. The van der Waals surface area contributed by atoms with Crippen molar-refractivity contribution < 1.29 is 14.3 Å². The zero-order valence-electron chi connectivity index (χ0n) is 18.3. The molecule has 0 atom stereocenters.